The van der Waals surface area contributed by atoms with Gasteiger partial charge < -0.3 is 14.2 Å². The molecule has 0 bridgehead atoms. The zero-order valence-corrected chi connectivity index (χ0v) is 21.0. The molecular formula is C24H26BrN3O5. The first-order valence-corrected chi connectivity index (χ1v) is 11.0. The van der Waals surface area contributed by atoms with Gasteiger partial charge in [0.2, 0.25) is 0 Å². The molecule has 1 aromatic heterocycles. The van der Waals surface area contributed by atoms with E-state index in [0.717, 1.165) is 4.47 Å². The minimum atomic E-state index is -0.792. The van der Waals surface area contributed by atoms with Crippen LogP contribution in [0.1, 0.15) is 39.1 Å². The Morgan fingerprint density at radius 2 is 1.88 bits per heavy atom. The van der Waals surface area contributed by atoms with Crippen LogP contribution in [0.2, 0.25) is 0 Å². The van der Waals surface area contributed by atoms with Gasteiger partial charge in [0.1, 0.15) is 5.82 Å². The van der Waals surface area contributed by atoms with E-state index >= 15 is 0 Å². The van der Waals surface area contributed by atoms with Crippen LogP contribution in [0.3, 0.4) is 0 Å². The van der Waals surface area contributed by atoms with Crippen molar-refractivity contribution in [2.24, 2.45) is 5.10 Å². The van der Waals surface area contributed by atoms with Crippen LogP contribution in [-0.2, 0) is 14.9 Å². The molecule has 0 aliphatic carbocycles. The van der Waals surface area contributed by atoms with Gasteiger partial charge in [-0.15, -0.1) is 0 Å². The predicted molar refractivity (Wildman–Crippen MR) is 130 cm³/mol. The first kappa shape index (κ1) is 24.4. The highest BCUT2D eigenvalue weighted by Gasteiger charge is 2.23. The Morgan fingerprint density at radius 1 is 1.15 bits per heavy atom. The van der Waals surface area contributed by atoms with Crippen LogP contribution in [0.5, 0.6) is 11.5 Å². The zero-order valence-electron chi connectivity index (χ0n) is 19.4. The highest BCUT2D eigenvalue weighted by molar-refractivity contribution is 9.10. The lowest BCUT2D eigenvalue weighted by Gasteiger charge is -2.21. The van der Waals surface area contributed by atoms with Crippen LogP contribution >= 0.6 is 15.9 Å². The number of ether oxygens (including phenoxy) is 3. The van der Waals surface area contributed by atoms with Crippen LogP contribution in [0, 0.1) is 0 Å². The second kappa shape index (κ2) is 9.74. The van der Waals surface area contributed by atoms with E-state index in [1.165, 1.54) is 18.9 Å². The van der Waals surface area contributed by atoms with Crippen LogP contribution in [0.15, 0.2) is 50.8 Å². The number of esters is 1. The largest absolute Gasteiger partial charge is 0.493 e. The fourth-order valence-electron chi connectivity index (χ4n) is 3.13. The molecule has 0 unspecified atom stereocenters. The Hall–Kier alpha value is -3.20. The molecule has 3 rings (SSSR count). The maximum atomic E-state index is 13.3. The van der Waals surface area contributed by atoms with E-state index in [0.29, 0.717) is 33.8 Å². The average Bonchev–Trinajstić information content (AvgIpc) is 2.78. The number of carbonyl (C=O) groups excluding carboxylic acids is 1. The number of fused-ring (bicyclic) bond motifs is 1. The summed E-state index contributed by atoms with van der Waals surface area (Å²) >= 11 is 3.41. The molecule has 0 N–H and O–H groups in total. The van der Waals surface area contributed by atoms with Gasteiger partial charge in [-0.3, -0.25) is 4.79 Å². The van der Waals surface area contributed by atoms with Gasteiger partial charge in [-0.25, -0.2) is 9.78 Å². The molecule has 1 atom stereocenters. The number of rotatable bonds is 6. The van der Waals surface area contributed by atoms with E-state index < -0.39 is 17.5 Å². The molecule has 1 heterocycles. The number of aromatic nitrogens is 2. The summed E-state index contributed by atoms with van der Waals surface area (Å²) in [6.45, 7) is 7.52. The van der Waals surface area contributed by atoms with Gasteiger partial charge in [0.15, 0.2) is 17.6 Å². The summed E-state index contributed by atoms with van der Waals surface area (Å²) in [5, 5.41) is 4.93. The first-order chi connectivity index (χ1) is 15.5. The SMILES string of the molecule is COC(=O)[C@H](C)Oc1ccc(C=Nn2c(C(C)(C)C)nc3ccc(Br)cc3c2=O)cc1OC. The monoisotopic (exact) mass is 515 g/mol. The molecule has 0 amide bonds. The van der Waals surface area contributed by atoms with Crippen molar-refractivity contribution in [3.05, 3.63) is 62.6 Å². The lowest BCUT2D eigenvalue weighted by Crippen LogP contribution is -2.29. The molecule has 33 heavy (non-hydrogen) atoms. The normalized spacial score (nSPS) is 12.7. The highest BCUT2D eigenvalue weighted by atomic mass is 79.9. The van der Waals surface area contributed by atoms with E-state index in [2.05, 4.69) is 25.8 Å². The van der Waals surface area contributed by atoms with Gasteiger partial charge in [-0.05, 0) is 48.9 Å². The molecular weight excluding hydrogens is 490 g/mol. The Balaban J connectivity index is 2.04. The lowest BCUT2D eigenvalue weighted by molar-refractivity contribution is -0.147. The first-order valence-electron chi connectivity index (χ1n) is 10.2. The summed E-state index contributed by atoms with van der Waals surface area (Å²) < 4.78 is 17.8. The van der Waals surface area contributed by atoms with Crippen molar-refractivity contribution in [3.8, 4) is 11.5 Å². The van der Waals surface area contributed by atoms with Gasteiger partial charge in [0, 0.05) is 9.89 Å². The summed E-state index contributed by atoms with van der Waals surface area (Å²) in [6.07, 6.45) is 0.761. The topological polar surface area (TPSA) is 92.0 Å². The zero-order chi connectivity index (χ0) is 24.3. The molecule has 0 radical (unpaired) electrons. The van der Waals surface area contributed by atoms with Gasteiger partial charge in [-0.1, -0.05) is 36.7 Å². The summed E-state index contributed by atoms with van der Waals surface area (Å²) in [6, 6.07) is 10.5. The molecule has 0 spiro atoms. The van der Waals surface area contributed by atoms with Crippen LogP contribution in [-0.4, -0.2) is 42.2 Å². The summed E-state index contributed by atoms with van der Waals surface area (Å²) in [4.78, 5) is 29.6. The average molecular weight is 516 g/mol. The highest BCUT2D eigenvalue weighted by Crippen LogP contribution is 2.29. The Kier molecular flexibility index (Phi) is 7.22. The molecule has 9 heteroatoms. The Bertz CT molecular complexity index is 1280. The van der Waals surface area contributed by atoms with E-state index in [4.69, 9.17) is 14.5 Å². The molecule has 3 aromatic rings. The van der Waals surface area contributed by atoms with E-state index in [-0.39, 0.29) is 5.56 Å². The predicted octanol–water partition coefficient (Wildman–Crippen LogP) is 4.29. The Labute approximate surface area is 200 Å². The Morgan fingerprint density at radius 3 is 2.52 bits per heavy atom. The number of halogens is 1. The van der Waals surface area contributed by atoms with Crippen LogP contribution in [0.4, 0.5) is 0 Å². The molecule has 0 aliphatic heterocycles. The molecule has 2 aromatic carbocycles. The minimum Gasteiger partial charge on any atom is -0.493 e. The van der Waals surface area contributed by atoms with Gasteiger partial charge in [0.05, 0.1) is 31.3 Å². The van der Waals surface area contributed by atoms with E-state index in [9.17, 15) is 9.59 Å². The van der Waals surface area contributed by atoms with E-state index in [1.807, 2.05) is 32.9 Å². The second-order valence-electron chi connectivity index (χ2n) is 8.40. The minimum absolute atomic E-state index is 0.263. The van der Waals surface area contributed by atoms with Crippen molar-refractivity contribution in [1.29, 1.82) is 0 Å². The fourth-order valence-corrected chi connectivity index (χ4v) is 3.49. The van der Waals surface area contributed by atoms with Gasteiger partial charge in [0.25, 0.3) is 5.56 Å². The van der Waals surface area contributed by atoms with Crippen molar-refractivity contribution in [3.63, 3.8) is 0 Å². The number of hydrogen-bond acceptors (Lipinski definition) is 7. The number of methoxy groups -OCH3 is 2. The molecule has 0 saturated heterocycles. The van der Waals surface area contributed by atoms with Gasteiger partial charge in [-0.2, -0.15) is 9.78 Å². The van der Waals surface area contributed by atoms with Gasteiger partial charge >= 0.3 is 5.97 Å². The number of hydrogen-bond donors (Lipinski definition) is 0. The maximum absolute atomic E-state index is 13.3. The molecule has 8 nitrogen and oxygen atoms in total. The van der Waals surface area contributed by atoms with E-state index in [1.54, 1.807) is 37.4 Å². The van der Waals surface area contributed by atoms with Crippen LogP contribution in [0.25, 0.3) is 10.9 Å². The van der Waals surface area contributed by atoms with Crippen molar-refractivity contribution in [2.45, 2.75) is 39.2 Å². The molecule has 0 aliphatic rings. The number of benzene rings is 2. The maximum Gasteiger partial charge on any atom is 0.346 e. The van der Waals surface area contributed by atoms with Crippen molar-refractivity contribution in [2.75, 3.05) is 14.2 Å². The second-order valence-corrected chi connectivity index (χ2v) is 9.32. The van der Waals surface area contributed by atoms with Crippen LogP contribution < -0.4 is 15.0 Å². The smallest absolute Gasteiger partial charge is 0.346 e. The number of nitrogens with zero attached hydrogens (tertiary/aromatic N) is 3. The molecule has 0 saturated carbocycles. The van der Waals surface area contributed by atoms with Crippen molar-refractivity contribution >= 4 is 39.0 Å². The third-order valence-electron chi connectivity index (χ3n) is 4.83. The van der Waals surface area contributed by atoms with Crippen molar-refractivity contribution < 1.29 is 19.0 Å². The fraction of sp³-hybridized carbons (Fsp3) is 0.333. The number of carbonyl (C=O) groups is 1. The molecule has 174 valence electrons. The quantitative estimate of drug-likeness (QED) is 0.359. The lowest BCUT2D eigenvalue weighted by atomic mass is 9.95. The molecule has 0 fully saturated rings. The third kappa shape index (κ3) is 5.42. The van der Waals surface area contributed by atoms with Crippen molar-refractivity contribution in [1.82, 2.24) is 9.66 Å². The summed E-state index contributed by atoms with van der Waals surface area (Å²) in [7, 11) is 2.80. The summed E-state index contributed by atoms with van der Waals surface area (Å²) in [5.41, 5.74) is 0.603. The standard InChI is InChI=1S/C24H26BrN3O5/c1-14(22(30)32-6)33-19-10-7-15(11-20(19)31-5)13-26-28-21(29)17-12-16(25)8-9-18(17)27-23(28)24(2,3)4/h7-14H,1-6H3/t14-/m0/s1. The summed E-state index contributed by atoms with van der Waals surface area (Å²) in [5.74, 6) is 0.848. The third-order valence-corrected chi connectivity index (χ3v) is 5.32.